The molecule has 0 saturated carbocycles. The molecule has 0 aliphatic rings. The van der Waals surface area contributed by atoms with Crippen LogP contribution in [0.3, 0.4) is 0 Å². The van der Waals surface area contributed by atoms with Crippen molar-refractivity contribution < 1.29 is 0 Å². The predicted molar refractivity (Wildman–Crippen MR) is 65.6 cm³/mol. The lowest BCUT2D eigenvalue weighted by Crippen LogP contribution is -1.98. The maximum atomic E-state index is 8.89. The summed E-state index contributed by atoms with van der Waals surface area (Å²) < 4.78 is 0.888. The number of nitriles is 2. The van der Waals surface area contributed by atoms with Crippen molar-refractivity contribution in [1.82, 2.24) is 15.0 Å². The molecule has 2 heterocycles. The summed E-state index contributed by atoms with van der Waals surface area (Å²) in [5, 5.41) is 17.8. The maximum Gasteiger partial charge on any atom is 0.177 e. The molecule has 17 heavy (non-hydrogen) atoms. The van der Waals surface area contributed by atoms with Crippen molar-refractivity contribution in [2.24, 2.45) is 0 Å². The van der Waals surface area contributed by atoms with Crippen molar-refractivity contribution in [1.29, 1.82) is 10.5 Å². The molecule has 2 rings (SSSR count). The summed E-state index contributed by atoms with van der Waals surface area (Å²) in [6, 6.07) is 3.82. The molecule has 0 aromatic carbocycles. The van der Waals surface area contributed by atoms with E-state index < -0.39 is 5.92 Å². The highest BCUT2D eigenvalue weighted by molar-refractivity contribution is 8.01. The monoisotopic (exact) mass is 261 g/mol. The highest BCUT2D eigenvalue weighted by atomic mass is 32.2. The second kappa shape index (κ2) is 5.09. The van der Waals surface area contributed by atoms with E-state index in [2.05, 4.69) is 15.0 Å². The Morgan fingerprint density at radius 3 is 2.82 bits per heavy atom. The highest BCUT2D eigenvalue weighted by Gasteiger charge is 2.18. The molecule has 0 aliphatic carbocycles. The van der Waals surface area contributed by atoms with E-state index in [9.17, 15) is 0 Å². The molecular formula is C10H7N5S2. The summed E-state index contributed by atoms with van der Waals surface area (Å²) in [5.74, 6) is 0.0322. The first-order valence-electron chi connectivity index (χ1n) is 4.83. The molecule has 0 radical (unpaired) electrons. The fourth-order valence-corrected chi connectivity index (χ4v) is 3.18. The molecule has 0 amide bonds. The number of thioether (sulfide) groups is 1. The number of aromatic nitrogens is 3. The minimum Gasteiger partial charge on any atom is -0.236 e. The Morgan fingerprint density at radius 2 is 2.18 bits per heavy atom. The first-order valence-corrected chi connectivity index (χ1v) is 6.63. The molecule has 84 valence electrons. The van der Waals surface area contributed by atoms with E-state index in [-0.39, 0.29) is 0 Å². The Balaban J connectivity index is 2.58. The molecular weight excluding hydrogens is 254 g/mol. The fraction of sp³-hybridized carbons (Fsp3) is 0.300. The van der Waals surface area contributed by atoms with Gasteiger partial charge < -0.3 is 0 Å². The van der Waals surface area contributed by atoms with Gasteiger partial charge in [0, 0.05) is 0 Å². The van der Waals surface area contributed by atoms with E-state index in [1.54, 1.807) is 11.8 Å². The van der Waals surface area contributed by atoms with Gasteiger partial charge in [-0.3, -0.25) is 0 Å². The Bertz CT molecular complexity index is 608. The van der Waals surface area contributed by atoms with E-state index in [1.807, 2.05) is 19.1 Å². The largest absolute Gasteiger partial charge is 0.236 e. The molecule has 2 aromatic rings. The standard InChI is InChI=1S/C10H7N5S2/c1-2-16-10-15-8-7(6(3-11)4-12)13-5-14-9(8)17-10/h5-6H,2H2,1H3. The third-order valence-corrected chi connectivity index (χ3v) is 3.99. The molecule has 2 aromatic heterocycles. The number of rotatable bonds is 3. The van der Waals surface area contributed by atoms with Crippen LogP contribution >= 0.6 is 23.1 Å². The maximum absolute atomic E-state index is 8.89. The smallest absolute Gasteiger partial charge is 0.177 e. The first-order chi connectivity index (χ1) is 8.30. The van der Waals surface area contributed by atoms with Crippen molar-refractivity contribution in [2.45, 2.75) is 17.2 Å². The van der Waals surface area contributed by atoms with E-state index in [4.69, 9.17) is 10.5 Å². The predicted octanol–water partition coefficient (Wildman–Crippen LogP) is 2.33. The van der Waals surface area contributed by atoms with Crippen LogP contribution < -0.4 is 0 Å². The van der Waals surface area contributed by atoms with Gasteiger partial charge in [-0.05, 0) is 5.75 Å². The second-order valence-electron chi connectivity index (χ2n) is 3.02. The molecule has 0 spiro atoms. The molecule has 7 heteroatoms. The Labute approximate surface area is 106 Å². The SMILES string of the molecule is CCSc1nc2c(C(C#N)C#N)ncnc2s1. The Morgan fingerprint density at radius 1 is 1.41 bits per heavy atom. The average molecular weight is 261 g/mol. The zero-order chi connectivity index (χ0) is 12.3. The lowest BCUT2D eigenvalue weighted by atomic mass is 10.1. The summed E-state index contributed by atoms with van der Waals surface area (Å²) in [6.07, 6.45) is 1.37. The Kier molecular flexibility index (Phi) is 3.52. The van der Waals surface area contributed by atoms with Crippen LogP contribution in [0, 0.1) is 22.7 Å². The zero-order valence-corrected chi connectivity index (χ0v) is 10.5. The van der Waals surface area contributed by atoms with Gasteiger partial charge in [0.25, 0.3) is 0 Å². The van der Waals surface area contributed by atoms with Crippen LogP contribution in [-0.2, 0) is 0 Å². The van der Waals surface area contributed by atoms with Gasteiger partial charge in [0.05, 0.1) is 12.1 Å². The number of hydrogen-bond donors (Lipinski definition) is 0. The Hall–Kier alpha value is -1.70. The third kappa shape index (κ3) is 2.21. The van der Waals surface area contributed by atoms with Gasteiger partial charge in [0.1, 0.15) is 22.4 Å². The van der Waals surface area contributed by atoms with Crippen molar-refractivity contribution in [3.8, 4) is 12.1 Å². The van der Waals surface area contributed by atoms with Crippen LogP contribution in [-0.4, -0.2) is 20.7 Å². The molecule has 0 N–H and O–H groups in total. The lowest BCUT2D eigenvalue weighted by Gasteiger charge is -1.98. The summed E-state index contributed by atoms with van der Waals surface area (Å²) in [4.78, 5) is 13.2. The molecule has 0 aliphatic heterocycles. The summed E-state index contributed by atoms with van der Waals surface area (Å²) in [7, 11) is 0. The van der Waals surface area contributed by atoms with Gasteiger partial charge in [-0.2, -0.15) is 10.5 Å². The van der Waals surface area contributed by atoms with Crippen molar-refractivity contribution in [3.05, 3.63) is 12.0 Å². The van der Waals surface area contributed by atoms with Gasteiger partial charge in [0.15, 0.2) is 10.3 Å². The molecule has 0 bridgehead atoms. The van der Waals surface area contributed by atoms with Gasteiger partial charge in [-0.15, -0.1) is 0 Å². The van der Waals surface area contributed by atoms with Gasteiger partial charge >= 0.3 is 0 Å². The van der Waals surface area contributed by atoms with Crippen molar-refractivity contribution in [2.75, 3.05) is 5.75 Å². The third-order valence-electron chi connectivity index (χ3n) is 2.00. The lowest BCUT2D eigenvalue weighted by molar-refractivity contribution is 1.00. The van der Waals surface area contributed by atoms with Gasteiger partial charge in [-0.25, -0.2) is 15.0 Å². The number of fused-ring (bicyclic) bond motifs is 1. The van der Waals surface area contributed by atoms with E-state index >= 15 is 0 Å². The van der Waals surface area contributed by atoms with Crippen LogP contribution in [0.25, 0.3) is 10.3 Å². The van der Waals surface area contributed by atoms with Crippen LogP contribution in [0.2, 0.25) is 0 Å². The summed E-state index contributed by atoms with van der Waals surface area (Å²) in [6.45, 7) is 2.04. The average Bonchev–Trinajstić information content (AvgIpc) is 2.74. The molecule has 0 saturated heterocycles. The number of nitrogens with zero attached hydrogens (tertiary/aromatic N) is 5. The van der Waals surface area contributed by atoms with Crippen LogP contribution in [0.5, 0.6) is 0 Å². The quantitative estimate of drug-likeness (QED) is 0.788. The zero-order valence-electron chi connectivity index (χ0n) is 8.91. The van der Waals surface area contributed by atoms with Crippen molar-refractivity contribution in [3.63, 3.8) is 0 Å². The van der Waals surface area contributed by atoms with Gasteiger partial charge in [0.2, 0.25) is 0 Å². The normalized spacial score (nSPS) is 10.4. The number of hydrogen-bond acceptors (Lipinski definition) is 7. The molecule has 0 fully saturated rings. The molecule has 5 nitrogen and oxygen atoms in total. The van der Waals surface area contributed by atoms with Crippen molar-refractivity contribution >= 4 is 33.4 Å². The van der Waals surface area contributed by atoms with Crippen LogP contribution in [0.4, 0.5) is 0 Å². The second-order valence-corrected chi connectivity index (χ2v) is 5.51. The molecule has 0 unspecified atom stereocenters. The van der Waals surface area contributed by atoms with E-state index in [0.717, 1.165) is 14.9 Å². The first kappa shape index (κ1) is 11.8. The molecule has 0 atom stereocenters. The van der Waals surface area contributed by atoms with E-state index in [1.165, 1.54) is 17.7 Å². The van der Waals surface area contributed by atoms with E-state index in [0.29, 0.717) is 11.2 Å². The topological polar surface area (TPSA) is 86.2 Å². The fourth-order valence-electron chi connectivity index (χ4n) is 1.30. The highest BCUT2D eigenvalue weighted by Crippen LogP contribution is 2.30. The number of thiazole rings is 1. The summed E-state index contributed by atoms with van der Waals surface area (Å²) >= 11 is 3.07. The van der Waals surface area contributed by atoms with Crippen LogP contribution in [0.1, 0.15) is 18.5 Å². The summed E-state index contributed by atoms with van der Waals surface area (Å²) in [5.41, 5.74) is 0.973. The van der Waals surface area contributed by atoms with Crippen LogP contribution in [0.15, 0.2) is 10.7 Å². The minimum absolute atomic E-state index is 0.402. The van der Waals surface area contributed by atoms with Gasteiger partial charge in [-0.1, -0.05) is 30.0 Å². The minimum atomic E-state index is -0.887.